The number of hydrogen-bond donors (Lipinski definition) is 1. The number of anilines is 1. The molecule has 0 aliphatic rings. The van der Waals surface area contributed by atoms with Gasteiger partial charge in [0.05, 0.1) is 11.5 Å². The molecule has 0 bridgehead atoms. The first-order chi connectivity index (χ1) is 10.6. The van der Waals surface area contributed by atoms with E-state index >= 15 is 0 Å². The predicted octanol–water partition coefficient (Wildman–Crippen LogP) is 5.15. The third kappa shape index (κ3) is 3.92. The Morgan fingerprint density at radius 2 is 1.59 bits per heavy atom. The van der Waals surface area contributed by atoms with Crippen LogP contribution in [0, 0.1) is 5.41 Å². The molecule has 2 rings (SSSR count). The number of rotatable bonds is 6. The highest BCUT2D eigenvalue weighted by Crippen LogP contribution is 2.39. The van der Waals surface area contributed by atoms with Gasteiger partial charge in [0.2, 0.25) is 0 Å². The minimum Gasteiger partial charge on any atom is -0.377 e. The maximum absolute atomic E-state index is 12.6. The van der Waals surface area contributed by atoms with E-state index in [0.29, 0.717) is 0 Å². The molecule has 0 amide bonds. The molecule has 0 aliphatic carbocycles. The number of para-hydroxylation sites is 1. The Kier molecular flexibility index (Phi) is 5.67. The monoisotopic (exact) mass is 313 g/mol. The lowest BCUT2D eigenvalue weighted by Crippen LogP contribution is -2.34. The number of carbonyl (C=O) groups is 1. The minimum atomic E-state index is -0.502. The maximum atomic E-state index is 12.6. The minimum absolute atomic E-state index is 0.0670. The summed E-state index contributed by atoms with van der Waals surface area (Å²) in [4.78, 5) is 12.6. The third-order valence-electron chi connectivity index (χ3n) is 3.74. The van der Waals surface area contributed by atoms with Crippen LogP contribution in [0.15, 0.2) is 60.7 Å². The second kappa shape index (κ2) is 7.50. The predicted molar refractivity (Wildman–Crippen MR) is 96.2 cm³/mol. The summed E-state index contributed by atoms with van der Waals surface area (Å²) in [5.41, 5.74) is 1.65. The topological polar surface area (TPSA) is 29.1 Å². The highest BCUT2D eigenvalue weighted by Gasteiger charge is 2.37. The molecule has 0 aromatic heterocycles. The Balaban J connectivity index is 2.35. The van der Waals surface area contributed by atoms with E-state index in [1.54, 1.807) is 0 Å². The molecule has 2 nitrogen and oxygen atoms in total. The number of hydrogen-bond acceptors (Lipinski definition) is 3. The molecular formula is C19H23NOS. The normalized spacial score (nSPS) is 12.7. The third-order valence-corrected chi connectivity index (χ3v) is 4.82. The Labute approximate surface area is 137 Å². The van der Waals surface area contributed by atoms with Crippen LogP contribution in [0.1, 0.15) is 32.4 Å². The fourth-order valence-corrected chi connectivity index (χ4v) is 3.21. The van der Waals surface area contributed by atoms with Crippen LogP contribution >= 0.6 is 11.8 Å². The first-order valence-electron chi connectivity index (χ1n) is 7.59. The number of benzene rings is 2. The number of thioether (sulfide) groups is 1. The zero-order chi connectivity index (χ0) is 16.0. The Morgan fingerprint density at radius 3 is 2.14 bits per heavy atom. The van der Waals surface area contributed by atoms with Gasteiger partial charge in [-0.3, -0.25) is 4.79 Å². The number of nitrogens with one attached hydrogen (secondary N) is 1. The van der Waals surface area contributed by atoms with Crippen LogP contribution in [0.5, 0.6) is 0 Å². The van der Waals surface area contributed by atoms with Gasteiger partial charge in [-0.1, -0.05) is 67.2 Å². The summed E-state index contributed by atoms with van der Waals surface area (Å²) in [5, 5.41) is 3.76. The van der Waals surface area contributed by atoms with E-state index in [1.165, 1.54) is 11.8 Å². The van der Waals surface area contributed by atoms with Crippen molar-refractivity contribution in [1.29, 1.82) is 0 Å². The molecule has 0 radical (unpaired) electrons. The van der Waals surface area contributed by atoms with Gasteiger partial charge in [0.15, 0.2) is 5.12 Å². The molecule has 1 unspecified atom stereocenters. The Bertz CT molecular complexity index is 595. The SMILES string of the molecule is CCSC(=O)C(C)(C)C(Nc1ccccc1)c1ccccc1. The first-order valence-corrected chi connectivity index (χ1v) is 8.58. The molecule has 3 heteroatoms. The van der Waals surface area contributed by atoms with E-state index < -0.39 is 5.41 Å². The molecule has 2 aromatic rings. The molecule has 0 fully saturated rings. The fraction of sp³-hybridized carbons (Fsp3) is 0.316. The van der Waals surface area contributed by atoms with Gasteiger partial charge < -0.3 is 5.32 Å². The van der Waals surface area contributed by atoms with Crippen LogP contribution in [0.4, 0.5) is 5.69 Å². The van der Waals surface area contributed by atoms with E-state index in [4.69, 9.17) is 0 Å². The van der Waals surface area contributed by atoms with Crippen molar-refractivity contribution < 1.29 is 4.79 Å². The van der Waals surface area contributed by atoms with Gasteiger partial charge in [-0.2, -0.15) is 0 Å². The zero-order valence-electron chi connectivity index (χ0n) is 13.4. The molecule has 0 spiro atoms. The van der Waals surface area contributed by atoms with Gasteiger partial charge in [-0.15, -0.1) is 0 Å². The molecule has 2 aromatic carbocycles. The van der Waals surface area contributed by atoms with E-state index in [0.717, 1.165) is 17.0 Å². The lowest BCUT2D eigenvalue weighted by Gasteiger charge is -2.34. The van der Waals surface area contributed by atoms with Crippen molar-refractivity contribution in [2.24, 2.45) is 5.41 Å². The van der Waals surface area contributed by atoms with E-state index in [9.17, 15) is 4.79 Å². The Morgan fingerprint density at radius 1 is 1.05 bits per heavy atom. The molecule has 0 saturated heterocycles. The lowest BCUT2D eigenvalue weighted by atomic mass is 9.81. The highest BCUT2D eigenvalue weighted by molar-refractivity contribution is 8.13. The van der Waals surface area contributed by atoms with Gasteiger partial charge >= 0.3 is 0 Å². The summed E-state index contributed by atoms with van der Waals surface area (Å²) in [6.45, 7) is 6.05. The lowest BCUT2D eigenvalue weighted by molar-refractivity contribution is -0.118. The van der Waals surface area contributed by atoms with Crippen LogP contribution in [0.25, 0.3) is 0 Å². The zero-order valence-corrected chi connectivity index (χ0v) is 14.2. The van der Waals surface area contributed by atoms with Crippen molar-refractivity contribution in [2.75, 3.05) is 11.1 Å². The summed E-state index contributed by atoms with van der Waals surface area (Å²) >= 11 is 1.39. The highest BCUT2D eigenvalue weighted by atomic mass is 32.2. The summed E-state index contributed by atoms with van der Waals surface area (Å²) in [6, 6.07) is 20.2. The largest absolute Gasteiger partial charge is 0.377 e. The molecule has 1 atom stereocenters. The van der Waals surface area contributed by atoms with Crippen LogP contribution < -0.4 is 5.32 Å². The van der Waals surface area contributed by atoms with Gasteiger partial charge in [0.25, 0.3) is 0 Å². The standard InChI is InChI=1S/C19H23NOS/c1-4-22-18(21)19(2,3)17(15-11-7-5-8-12-15)20-16-13-9-6-10-14-16/h5-14,17,20H,4H2,1-3H3. The van der Waals surface area contributed by atoms with E-state index in [1.807, 2.05) is 69.3 Å². The van der Waals surface area contributed by atoms with Gasteiger partial charge in [-0.25, -0.2) is 0 Å². The van der Waals surface area contributed by atoms with Gasteiger partial charge in [0.1, 0.15) is 0 Å². The second-order valence-electron chi connectivity index (χ2n) is 5.80. The molecule has 22 heavy (non-hydrogen) atoms. The average Bonchev–Trinajstić information content (AvgIpc) is 2.54. The molecule has 0 heterocycles. The summed E-state index contributed by atoms with van der Waals surface area (Å²) in [7, 11) is 0. The Hall–Kier alpha value is -1.74. The molecule has 116 valence electrons. The van der Waals surface area contributed by atoms with Crippen LogP contribution in [0.2, 0.25) is 0 Å². The van der Waals surface area contributed by atoms with Crippen LogP contribution in [-0.4, -0.2) is 10.9 Å². The quantitative estimate of drug-likeness (QED) is 0.800. The van der Waals surface area contributed by atoms with Crippen molar-refractivity contribution in [3.8, 4) is 0 Å². The van der Waals surface area contributed by atoms with E-state index in [2.05, 4.69) is 17.4 Å². The first kappa shape index (κ1) is 16.6. The maximum Gasteiger partial charge on any atom is 0.196 e. The summed E-state index contributed by atoms with van der Waals surface area (Å²) < 4.78 is 0. The van der Waals surface area contributed by atoms with Crippen molar-refractivity contribution in [2.45, 2.75) is 26.8 Å². The average molecular weight is 313 g/mol. The van der Waals surface area contributed by atoms with E-state index in [-0.39, 0.29) is 11.2 Å². The summed E-state index contributed by atoms with van der Waals surface area (Å²) in [6.07, 6.45) is 0. The van der Waals surface area contributed by atoms with Crippen molar-refractivity contribution >= 4 is 22.6 Å². The van der Waals surface area contributed by atoms with Crippen molar-refractivity contribution in [1.82, 2.24) is 0 Å². The molecule has 0 aliphatic heterocycles. The molecule has 0 saturated carbocycles. The van der Waals surface area contributed by atoms with Gasteiger partial charge in [-0.05, 0) is 37.3 Å². The second-order valence-corrected chi connectivity index (χ2v) is 7.03. The van der Waals surface area contributed by atoms with Crippen molar-refractivity contribution in [3.05, 3.63) is 66.2 Å². The van der Waals surface area contributed by atoms with Gasteiger partial charge in [0, 0.05) is 5.69 Å². The van der Waals surface area contributed by atoms with Crippen LogP contribution in [0.3, 0.4) is 0 Å². The molecular weight excluding hydrogens is 290 g/mol. The van der Waals surface area contributed by atoms with Crippen molar-refractivity contribution in [3.63, 3.8) is 0 Å². The number of carbonyl (C=O) groups excluding carboxylic acids is 1. The summed E-state index contributed by atoms with van der Waals surface area (Å²) in [5.74, 6) is 0.801. The molecule has 1 N–H and O–H groups in total. The smallest absolute Gasteiger partial charge is 0.196 e. The fourth-order valence-electron chi connectivity index (χ4n) is 2.46. The van der Waals surface area contributed by atoms with Crippen LogP contribution in [-0.2, 0) is 4.79 Å².